The van der Waals surface area contributed by atoms with E-state index in [9.17, 15) is 9.59 Å². The molecule has 0 spiro atoms. The van der Waals surface area contributed by atoms with Gasteiger partial charge in [-0.25, -0.2) is 0 Å². The van der Waals surface area contributed by atoms with E-state index in [1.54, 1.807) is 31.2 Å². The van der Waals surface area contributed by atoms with E-state index in [2.05, 4.69) is 31.4 Å². The van der Waals surface area contributed by atoms with Gasteiger partial charge < -0.3 is 15.4 Å². The summed E-state index contributed by atoms with van der Waals surface area (Å²) < 4.78 is 5.79. The molecule has 3 aromatic rings. The van der Waals surface area contributed by atoms with Crippen LogP contribution < -0.4 is 15.4 Å². The predicted octanol–water partition coefficient (Wildman–Crippen LogP) is 5.96. The lowest BCUT2D eigenvalue weighted by Gasteiger charge is -2.20. The third-order valence-electron chi connectivity index (χ3n) is 5.32. The number of hydrogen-bond acceptors (Lipinski definition) is 3. The molecule has 0 aliphatic carbocycles. The highest BCUT2D eigenvalue weighted by molar-refractivity contribution is 5.95. The van der Waals surface area contributed by atoms with Crippen molar-refractivity contribution in [2.24, 2.45) is 0 Å². The average Bonchev–Trinajstić information content (AvgIpc) is 2.79. The Kier molecular flexibility index (Phi) is 7.88. The molecule has 0 aromatic heterocycles. The zero-order chi connectivity index (χ0) is 23.8. The first kappa shape index (κ1) is 24.1. The van der Waals surface area contributed by atoms with E-state index < -0.39 is 6.10 Å². The molecule has 0 aliphatic rings. The molecule has 1 atom stereocenters. The molecule has 5 nitrogen and oxygen atoms in total. The molecule has 0 bridgehead atoms. The molecule has 0 aliphatic heterocycles. The van der Waals surface area contributed by atoms with Crippen LogP contribution in [0.3, 0.4) is 0 Å². The largest absolute Gasteiger partial charge is 0.481 e. The van der Waals surface area contributed by atoms with E-state index >= 15 is 0 Å². The third kappa shape index (κ3) is 7.49. The summed E-state index contributed by atoms with van der Waals surface area (Å²) in [6.07, 6.45) is 0.453. The first-order valence-corrected chi connectivity index (χ1v) is 11.2. The SMILES string of the molecule is CC(Oc1ccc(C(C)(C)C)cc1)C(=O)Nc1ccc(NC(=O)CCc2ccccc2)cc1. The Morgan fingerprint density at radius 2 is 1.39 bits per heavy atom. The Morgan fingerprint density at radius 1 is 0.818 bits per heavy atom. The minimum atomic E-state index is -0.650. The minimum absolute atomic E-state index is 0.0462. The van der Waals surface area contributed by atoms with Gasteiger partial charge in [-0.3, -0.25) is 9.59 Å². The van der Waals surface area contributed by atoms with Gasteiger partial charge in [0.25, 0.3) is 5.91 Å². The van der Waals surface area contributed by atoms with Crippen LogP contribution in [0.5, 0.6) is 5.75 Å². The van der Waals surface area contributed by atoms with E-state index in [0.29, 0.717) is 30.0 Å². The second-order valence-electron chi connectivity index (χ2n) is 9.13. The summed E-state index contributed by atoms with van der Waals surface area (Å²) in [6.45, 7) is 8.18. The van der Waals surface area contributed by atoms with Crippen molar-refractivity contribution >= 4 is 23.2 Å². The van der Waals surface area contributed by atoms with Crippen LogP contribution in [0.2, 0.25) is 0 Å². The fourth-order valence-corrected chi connectivity index (χ4v) is 3.30. The van der Waals surface area contributed by atoms with Crippen molar-refractivity contribution in [3.63, 3.8) is 0 Å². The second kappa shape index (κ2) is 10.8. The fraction of sp³-hybridized carbons (Fsp3) is 0.286. The van der Waals surface area contributed by atoms with Crippen molar-refractivity contribution < 1.29 is 14.3 Å². The molecule has 5 heteroatoms. The van der Waals surface area contributed by atoms with Crippen molar-refractivity contribution in [2.75, 3.05) is 10.6 Å². The lowest BCUT2D eigenvalue weighted by molar-refractivity contribution is -0.122. The summed E-state index contributed by atoms with van der Waals surface area (Å²) >= 11 is 0. The maximum absolute atomic E-state index is 12.5. The number of aryl methyl sites for hydroxylation is 1. The van der Waals surface area contributed by atoms with Crippen LogP contribution in [0.4, 0.5) is 11.4 Å². The summed E-state index contributed by atoms with van der Waals surface area (Å²) in [5.74, 6) is 0.365. The number of anilines is 2. The number of rotatable bonds is 8. The molecule has 3 aromatic carbocycles. The number of benzene rings is 3. The minimum Gasteiger partial charge on any atom is -0.481 e. The van der Waals surface area contributed by atoms with E-state index in [1.165, 1.54) is 5.56 Å². The van der Waals surface area contributed by atoms with Crippen molar-refractivity contribution in [3.8, 4) is 5.75 Å². The van der Waals surface area contributed by atoms with Gasteiger partial charge >= 0.3 is 0 Å². The molecular formula is C28H32N2O3. The zero-order valence-corrected chi connectivity index (χ0v) is 19.7. The summed E-state index contributed by atoms with van der Waals surface area (Å²) in [6, 6.07) is 24.8. The van der Waals surface area contributed by atoms with Gasteiger partial charge in [-0.05, 0) is 66.3 Å². The summed E-state index contributed by atoms with van der Waals surface area (Å²) in [7, 11) is 0. The van der Waals surface area contributed by atoms with Crippen LogP contribution in [0, 0.1) is 0 Å². The first-order chi connectivity index (χ1) is 15.7. The van der Waals surface area contributed by atoms with E-state index in [0.717, 1.165) is 5.56 Å². The van der Waals surface area contributed by atoms with Crippen LogP contribution in [0.15, 0.2) is 78.9 Å². The lowest BCUT2D eigenvalue weighted by Crippen LogP contribution is -2.30. The van der Waals surface area contributed by atoms with Crippen LogP contribution in [0.1, 0.15) is 45.2 Å². The summed E-state index contributed by atoms with van der Waals surface area (Å²) in [4.78, 5) is 24.7. The van der Waals surface area contributed by atoms with Crippen molar-refractivity contribution in [1.82, 2.24) is 0 Å². The fourth-order valence-electron chi connectivity index (χ4n) is 3.30. The van der Waals surface area contributed by atoms with E-state index in [4.69, 9.17) is 4.74 Å². The van der Waals surface area contributed by atoms with Gasteiger partial charge in [0.1, 0.15) is 5.75 Å². The van der Waals surface area contributed by atoms with Gasteiger partial charge in [0.15, 0.2) is 6.10 Å². The van der Waals surface area contributed by atoms with Crippen LogP contribution >= 0.6 is 0 Å². The molecule has 1 unspecified atom stereocenters. The Hall–Kier alpha value is -3.60. The quantitative estimate of drug-likeness (QED) is 0.450. The summed E-state index contributed by atoms with van der Waals surface area (Å²) in [5, 5.41) is 5.73. The number of carbonyl (C=O) groups is 2. The molecule has 172 valence electrons. The first-order valence-electron chi connectivity index (χ1n) is 11.2. The maximum Gasteiger partial charge on any atom is 0.265 e. The monoisotopic (exact) mass is 444 g/mol. The van der Waals surface area contributed by atoms with Gasteiger partial charge in [-0.15, -0.1) is 0 Å². The second-order valence-corrected chi connectivity index (χ2v) is 9.13. The topological polar surface area (TPSA) is 67.4 Å². The highest BCUT2D eigenvalue weighted by Crippen LogP contribution is 2.25. The van der Waals surface area contributed by atoms with Gasteiger partial charge in [0.2, 0.25) is 5.91 Å². The normalized spacial score (nSPS) is 12.0. The molecule has 2 N–H and O–H groups in total. The van der Waals surface area contributed by atoms with Gasteiger partial charge in [0.05, 0.1) is 0 Å². The third-order valence-corrected chi connectivity index (χ3v) is 5.32. The standard InChI is InChI=1S/C28H32N2O3/c1-20(33-25-17-11-22(12-18-25)28(2,3)4)27(32)30-24-15-13-23(14-16-24)29-26(31)19-10-21-8-6-5-7-9-21/h5-9,11-18,20H,10,19H2,1-4H3,(H,29,31)(H,30,32). The lowest BCUT2D eigenvalue weighted by atomic mass is 9.87. The van der Waals surface area contributed by atoms with Gasteiger partial charge in [-0.1, -0.05) is 63.2 Å². The molecular weight excluding hydrogens is 412 g/mol. The molecule has 0 heterocycles. The molecule has 3 rings (SSSR count). The van der Waals surface area contributed by atoms with Gasteiger partial charge in [-0.2, -0.15) is 0 Å². The Balaban J connectivity index is 1.47. The average molecular weight is 445 g/mol. The van der Waals surface area contributed by atoms with Gasteiger partial charge in [0, 0.05) is 17.8 Å². The van der Waals surface area contributed by atoms with E-state index in [1.807, 2.05) is 54.6 Å². The molecule has 0 radical (unpaired) electrons. The molecule has 33 heavy (non-hydrogen) atoms. The summed E-state index contributed by atoms with van der Waals surface area (Å²) in [5.41, 5.74) is 3.73. The van der Waals surface area contributed by atoms with Crippen molar-refractivity contribution in [1.29, 1.82) is 0 Å². The highest BCUT2D eigenvalue weighted by Gasteiger charge is 2.17. The molecule has 0 saturated heterocycles. The Morgan fingerprint density at radius 3 is 1.97 bits per heavy atom. The number of hydrogen-bond donors (Lipinski definition) is 2. The van der Waals surface area contributed by atoms with Crippen molar-refractivity contribution in [2.45, 2.75) is 52.1 Å². The van der Waals surface area contributed by atoms with E-state index in [-0.39, 0.29) is 17.2 Å². The van der Waals surface area contributed by atoms with Crippen LogP contribution in [0.25, 0.3) is 0 Å². The van der Waals surface area contributed by atoms with Crippen LogP contribution in [-0.4, -0.2) is 17.9 Å². The Labute approximate surface area is 196 Å². The molecule has 2 amide bonds. The maximum atomic E-state index is 12.5. The molecule has 0 fully saturated rings. The Bertz CT molecular complexity index is 1050. The number of carbonyl (C=O) groups excluding carboxylic acids is 2. The highest BCUT2D eigenvalue weighted by atomic mass is 16.5. The van der Waals surface area contributed by atoms with Crippen molar-refractivity contribution in [3.05, 3.63) is 90.0 Å². The molecule has 0 saturated carbocycles. The predicted molar refractivity (Wildman–Crippen MR) is 134 cm³/mol. The number of amides is 2. The number of nitrogens with one attached hydrogen (secondary N) is 2. The van der Waals surface area contributed by atoms with Crippen LogP contribution in [-0.2, 0) is 21.4 Å². The smallest absolute Gasteiger partial charge is 0.265 e. The zero-order valence-electron chi connectivity index (χ0n) is 19.7. The number of ether oxygens (including phenoxy) is 1.